The standard InChI is InChI=1S/C52H33NS2/c1-2-14-42-35(10-1)11-8-17-43(42)38-13-7-12-37(32-38)34-22-26-39(27-23-34)53(41-30-31-47-45-15-3-5-20-49(45)54-51(47)33-41)40-28-24-36(25-29-40)44-18-9-19-48-46-16-4-6-21-50(46)55-52(44)48/h1-33H. The van der Waals surface area contributed by atoms with Gasteiger partial charge in [-0.25, -0.2) is 0 Å². The van der Waals surface area contributed by atoms with E-state index in [2.05, 4.69) is 205 Å². The summed E-state index contributed by atoms with van der Waals surface area (Å²) in [5.74, 6) is 0. The van der Waals surface area contributed by atoms with Crippen LogP contribution in [-0.2, 0) is 0 Å². The van der Waals surface area contributed by atoms with E-state index < -0.39 is 0 Å². The quantitative estimate of drug-likeness (QED) is 0.164. The van der Waals surface area contributed by atoms with Crippen molar-refractivity contribution in [2.24, 2.45) is 0 Å². The lowest BCUT2D eigenvalue weighted by atomic mass is 9.95. The lowest BCUT2D eigenvalue weighted by molar-refractivity contribution is 1.29. The van der Waals surface area contributed by atoms with Gasteiger partial charge in [0.1, 0.15) is 0 Å². The third-order valence-electron chi connectivity index (χ3n) is 10.9. The number of nitrogens with zero attached hydrogens (tertiary/aromatic N) is 1. The highest BCUT2D eigenvalue weighted by Gasteiger charge is 2.17. The summed E-state index contributed by atoms with van der Waals surface area (Å²) in [6.07, 6.45) is 0. The van der Waals surface area contributed by atoms with Crippen molar-refractivity contribution in [3.05, 3.63) is 200 Å². The van der Waals surface area contributed by atoms with Crippen LogP contribution in [0, 0.1) is 0 Å². The molecule has 2 aromatic heterocycles. The molecule has 2 heterocycles. The molecule has 0 radical (unpaired) electrons. The Bertz CT molecular complexity index is 3200. The summed E-state index contributed by atoms with van der Waals surface area (Å²) < 4.78 is 5.27. The van der Waals surface area contributed by atoms with E-state index in [1.54, 1.807) is 0 Å². The molecule has 258 valence electrons. The molecule has 0 saturated heterocycles. The van der Waals surface area contributed by atoms with Gasteiger partial charge in [-0.05, 0) is 98.8 Å². The topological polar surface area (TPSA) is 3.24 Å². The van der Waals surface area contributed by atoms with Crippen molar-refractivity contribution >= 4 is 90.9 Å². The lowest BCUT2D eigenvalue weighted by Crippen LogP contribution is -2.09. The fourth-order valence-corrected chi connectivity index (χ4v) is 10.6. The maximum Gasteiger partial charge on any atom is 0.0476 e. The minimum absolute atomic E-state index is 1.12. The molecule has 0 spiro atoms. The SMILES string of the molecule is c1cc(-c2ccc(N(c3ccc(-c4cccc5c4sc4ccccc45)cc3)c3ccc4c(c3)sc3ccccc34)cc2)cc(-c2cccc3ccccc23)c1. The Hall–Kier alpha value is -6.52. The van der Waals surface area contributed by atoms with Gasteiger partial charge in [-0.15, -0.1) is 22.7 Å². The molecule has 11 rings (SSSR count). The Labute approximate surface area is 327 Å². The van der Waals surface area contributed by atoms with Crippen LogP contribution < -0.4 is 4.90 Å². The second kappa shape index (κ2) is 13.1. The van der Waals surface area contributed by atoms with Gasteiger partial charge in [-0.3, -0.25) is 0 Å². The number of rotatable bonds is 6. The molecule has 0 unspecified atom stereocenters. The van der Waals surface area contributed by atoms with Crippen molar-refractivity contribution in [2.75, 3.05) is 4.90 Å². The van der Waals surface area contributed by atoms with Gasteiger partial charge in [0.25, 0.3) is 0 Å². The predicted octanol–water partition coefficient (Wildman–Crippen LogP) is 16.0. The first kappa shape index (κ1) is 32.0. The third-order valence-corrected chi connectivity index (χ3v) is 13.2. The van der Waals surface area contributed by atoms with Crippen molar-refractivity contribution in [3.8, 4) is 33.4 Å². The smallest absolute Gasteiger partial charge is 0.0476 e. The Kier molecular flexibility index (Phi) is 7.61. The first-order chi connectivity index (χ1) is 27.2. The van der Waals surface area contributed by atoms with Crippen molar-refractivity contribution in [1.29, 1.82) is 0 Å². The highest BCUT2D eigenvalue weighted by molar-refractivity contribution is 7.26. The molecule has 0 aliphatic heterocycles. The molecule has 0 fully saturated rings. The summed E-state index contributed by atoms with van der Waals surface area (Å²) >= 11 is 3.74. The zero-order chi connectivity index (χ0) is 36.3. The molecule has 11 aromatic rings. The summed E-state index contributed by atoms with van der Waals surface area (Å²) in [4.78, 5) is 2.39. The molecule has 0 atom stereocenters. The van der Waals surface area contributed by atoms with Gasteiger partial charge in [0.2, 0.25) is 0 Å². The second-order valence-electron chi connectivity index (χ2n) is 14.1. The molecule has 0 aliphatic rings. The molecule has 0 saturated carbocycles. The fourth-order valence-electron chi connectivity index (χ4n) is 8.21. The Morgan fingerprint density at radius 2 is 0.836 bits per heavy atom. The van der Waals surface area contributed by atoms with E-state index in [0.717, 1.165) is 17.1 Å². The van der Waals surface area contributed by atoms with Crippen LogP contribution >= 0.6 is 22.7 Å². The normalized spacial score (nSPS) is 11.6. The van der Waals surface area contributed by atoms with E-state index in [1.807, 2.05) is 22.7 Å². The summed E-state index contributed by atoms with van der Waals surface area (Å²) in [7, 11) is 0. The summed E-state index contributed by atoms with van der Waals surface area (Å²) in [6, 6.07) is 73.4. The zero-order valence-corrected chi connectivity index (χ0v) is 31.4. The van der Waals surface area contributed by atoms with Crippen LogP contribution in [0.3, 0.4) is 0 Å². The van der Waals surface area contributed by atoms with Gasteiger partial charge in [0, 0.05) is 57.4 Å². The summed E-state index contributed by atoms with van der Waals surface area (Å²) in [6.45, 7) is 0. The lowest BCUT2D eigenvalue weighted by Gasteiger charge is -2.26. The van der Waals surface area contributed by atoms with Gasteiger partial charge in [0.05, 0.1) is 0 Å². The van der Waals surface area contributed by atoms with Crippen molar-refractivity contribution in [2.45, 2.75) is 0 Å². The van der Waals surface area contributed by atoms with Crippen molar-refractivity contribution in [3.63, 3.8) is 0 Å². The molecular formula is C52H33NS2. The van der Waals surface area contributed by atoms with E-state index in [-0.39, 0.29) is 0 Å². The third kappa shape index (κ3) is 5.51. The maximum atomic E-state index is 2.39. The maximum absolute atomic E-state index is 2.39. The van der Waals surface area contributed by atoms with Crippen molar-refractivity contribution < 1.29 is 0 Å². The first-order valence-corrected chi connectivity index (χ1v) is 20.3. The van der Waals surface area contributed by atoms with E-state index in [1.165, 1.54) is 84.5 Å². The zero-order valence-electron chi connectivity index (χ0n) is 29.8. The van der Waals surface area contributed by atoms with Crippen LogP contribution in [0.4, 0.5) is 17.1 Å². The number of anilines is 3. The molecule has 55 heavy (non-hydrogen) atoms. The van der Waals surface area contributed by atoms with E-state index in [4.69, 9.17) is 0 Å². The molecule has 1 nitrogen and oxygen atoms in total. The molecule has 9 aromatic carbocycles. The second-order valence-corrected chi connectivity index (χ2v) is 16.2. The predicted molar refractivity (Wildman–Crippen MR) is 241 cm³/mol. The van der Waals surface area contributed by atoms with Crippen LogP contribution in [0.25, 0.3) is 84.5 Å². The average molecular weight is 736 g/mol. The van der Waals surface area contributed by atoms with Crippen LogP contribution in [0.5, 0.6) is 0 Å². The number of hydrogen-bond donors (Lipinski definition) is 0. The summed E-state index contributed by atoms with van der Waals surface area (Å²) in [5.41, 5.74) is 10.8. The van der Waals surface area contributed by atoms with Gasteiger partial charge >= 0.3 is 0 Å². The van der Waals surface area contributed by atoms with Crippen LogP contribution in [0.2, 0.25) is 0 Å². The minimum Gasteiger partial charge on any atom is -0.310 e. The van der Waals surface area contributed by atoms with E-state index in [9.17, 15) is 0 Å². The van der Waals surface area contributed by atoms with Gasteiger partial charge in [-0.1, -0.05) is 146 Å². The number of benzene rings is 9. The Morgan fingerprint density at radius 1 is 0.291 bits per heavy atom. The van der Waals surface area contributed by atoms with E-state index in [0.29, 0.717) is 0 Å². The minimum atomic E-state index is 1.12. The van der Waals surface area contributed by atoms with Crippen LogP contribution in [-0.4, -0.2) is 0 Å². The fraction of sp³-hybridized carbons (Fsp3) is 0. The van der Waals surface area contributed by atoms with Crippen LogP contribution in [0.1, 0.15) is 0 Å². The number of fused-ring (bicyclic) bond motifs is 7. The van der Waals surface area contributed by atoms with Gasteiger partial charge < -0.3 is 4.90 Å². The first-order valence-electron chi connectivity index (χ1n) is 18.7. The summed E-state index contributed by atoms with van der Waals surface area (Å²) in [5, 5.41) is 7.80. The molecule has 0 N–H and O–H groups in total. The molecule has 0 amide bonds. The average Bonchev–Trinajstić information content (AvgIpc) is 3.82. The Morgan fingerprint density at radius 3 is 1.64 bits per heavy atom. The monoisotopic (exact) mass is 735 g/mol. The molecule has 0 aliphatic carbocycles. The molecule has 0 bridgehead atoms. The Balaban J connectivity index is 0.998. The molecular weight excluding hydrogens is 703 g/mol. The van der Waals surface area contributed by atoms with E-state index >= 15 is 0 Å². The van der Waals surface area contributed by atoms with Crippen LogP contribution in [0.15, 0.2) is 200 Å². The van der Waals surface area contributed by atoms with Crippen molar-refractivity contribution in [1.82, 2.24) is 0 Å². The van der Waals surface area contributed by atoms with Gasteiger partial charge in [-0.2, -0.15) is 0 Å². The highest BCUT2D eigenvalue weighted by Crippen LogP contribution is 2.43. The largest absolute Gasteiger partial charge is 0.310 e. The highest BCUT2D eigenvalue weighted by atomic mass is 32.1. The number of thiophene rings is 2. The molecule has 3 heteroatoms. The van der Waals surface area contributed by atoms with Gasteiger partial charge in [0.15, 0.2) is 0 Å². The number of hydrogen-bond acceptors (Lipinski definition) is 3.